The van der Waals surface area contributed by atoms with Gasteiger partial charge in [-0.1, -0.05) is 25.3 Å². The molecule has 1 heterocycles. The van der Waals surface area contributed by atoms with Gasteiger partial charge in [-0.05, 0) is 36.5 Å². The van der Waals surface area contributed by atoms with E-state index in [2.05, 4.69) is 21.7 Å². The lowest BCUT2D eigenvalue weighted by Crippen LogP contribution is -2.31. The van der Waals surface area contributed by atoms with Crippen LogP contribution in [0.4, 0.5) is 4.79 Å². The zero-order chi connectivity index (χ0) is 13.3. The second-order valence-electron chi connectivity index (χ2n) is 4.94. The fourth-order valence-electron chi connectivity index (χ4n) is 2.32. The number of nitrogens with zero attached hydrogens (tertiary/aromatic N) is 1. The highest BCUT2D eigenvalue weighted by atomic mass is 16.2. The lowest BCUT2D eigenvalue weighted by Gasteiger charge is -2.17. The number of aromatic nitrogens is 1. The van der Waals surface area contributed by atoms with E-state index >= 15 is 0 Å². The molecule has 0 spiro atoms. The molecule has 1 aromatic rings. The molecule has 4 nitrogen and oxygen atoms in total. The lowest BCUT2D eigenvalue weighted by molar-refractivity contribution is 0.243. The number of allylic oxidation sites excluding steroid dienone is 1. The van der Waals surface area contributed by atoms with Crippen LogP contribution in [0.5, 0.6) is 0 Å². The number of rotatable bonds is 4. The molecule has 4 heteroatoms. The minimum absolute atomic E-state index is 0.163. The number of pyridine rings is 1. The predicted molar refractivity (Wildman–Crippen MR) is 75.3 cm³/mol. The van der Waals surface area contributed by atoms with Gasteiger partial charge < -0.3 is 10.6 Å². The zero-order valence-corrected chi connectivity index (χ0v) is 11.1. The second kappa shape index (κ2) is 7.56. The third-order valence-corrected chi connectivity index (χ3v) is 3.44. The number of urea groups is 1. The van der Waals surface area contributed by atoms with Crippen LogP contribution in [0.1, 0.15) is 37.7 Å². The largest absolute Gasteiger partial charge is 0.334 e. The molecular formula is C15H21N3O. The molecule has 0 saturated heterocycles. The quantitative estimate of drug-likeness (QED) is 0.873. The molecule has 0 radical (unpaired) electrons. The number of nitrogens with one attached hydrogen (secondary N) is 2. The average Bonchev–Trinajstić information content (AvgIpc) is 2.47. The SMILES string of the molecule is O=C(N/C=C/C1CCCCC1)NCc1ccncc1. The Hall–Kier alpha value is -1.84. The summed E-state index contributed by atoms with van der Waals surface area (Å²) in [7, 11) is 0. The first-order chi connectivity index (χ1) is 9.34. The Labute approximate surface area is 114 Å². The Morgan fingerprint density at radius 2 is 2.00 bits per heavy atom. The summed E-state index contributed by atoms with van der Waals surface area (Å²) in [5.41, 5.74) is 1.04. The average molecular weight is 259 g/mol. The van der Waals surface area contributed by atoms with E-state index in [1.54, 1.807) is 18.6 Å². The fraction of sp³-hybridized carbons (Fsp3) is 0.467. The molecule has 0 aliphatic heterocycles. The van der Waals surface area contributed by atoms with Gasteiger partial charge in [-0.3, -0.25) is 4.98 Å². The van der Waals surface area contributed by atoms with Crippen LogP contribution in [0.15, 0.2) is 36.8 Å². The smallest absolute Gasteiger partial charge is 0.319 e. The van der Waals surface area contributed by atoms with Crippen LogP contribution in [0.25, 0.3) is 0 Å². The molecular weight excluding hydrogens is 238 g/mol. The van der Waals surface area contributed by atoms with E-state index in [1.807, 2.05) is 12.1 Å². The van der Waals surface area contributed by atoms with Gasteiger partial charge in [0.1, 0.15) is 0 Å². The third kappa shape index (κ3) is 5.12. The van der Waals surface area contributed by atoms with Crippen LogP contribution < -0.4 is 10.6 Å². The molecule has 1 aliphatic rings. The summed E-state index contributed by atoms with van der Waals surface area (Å²) >= 11 is 0. The Morgan fingerprint density at radius 1 is 1.26 bits per heavy atom. The van der Waals surface area contributed by atoms with Gasteiger partial charge in [0.15, 0.2) is 0 Å². The van der Waals surface area contributed by atoms with Crippen LogP contribution in [-0.4, -0.2) is 11.0 Å². The first kappa shape index (κ1) is 13.6. The van der Waals surface area contributed by atoms with E-state index in [0.29, 0.717) is 12.5 Å². The van der Waals surface area contributed by atoms with Crippen LogP contribution in [-0.2, 0) is 6.54 Å². The highest BCUT2D eigenvalue weighted by Gasteiger charge is 2.09. The van der Waals surface area contributed by atoms with Gasteiger partial charge in [0, 0.05) is 25.1 Å². The van der Waals surface area contributed by atoms with Crippen molar-refractivity contribution in [3.8, 4) is 0 Å². The lowest BCUT2D eigenvalue weighted by atomic mass is 9.89. The number of carbonyl (C=O) groups excluding carboxylic acids is 1. The summed E-state index contributed by atoms with van der Waals surface area (Å²) < 4.78 is 0. The maximum atomic E-state index is 11.6. The summed E-state index contributed by atoms with van der Waals surface area (Å²) in [6, 6.07) is 3.61. The van der Waals surface area contributed by atoms with E-state index in [9.17, 15) is 4.79 Å². The van der Waals surface area contributed by atoms with E-state index < -0.39 is 0 Å². The molecule has 2 amide bonds. The van der Waals surface area contributed by atoms with Gasteiger partial charge in [0.05, 0.1) is 0 Å². The van der Waals surface area contributed by atoms with Crippen molar-refractivity contribution in [2.45, 2.75) is 38.6 Å². The summed E-state index contributed by atoms with van der Waals surface area (Å²) in [5.74, 6) is 0.634. The van der Waals surface area contributed by atoms with Crippen LogP contribution in [0.2, 0.25) is 0 Å². The van der Waals surface area contributed by atoms with Crippen LogP contribution in [0, 0.1) is 5.92 Å². The highest BCUT2D eigenvalue weighted by molar-refractivity contribution is 5.74. The van der Waals surface area contributed by atoms with E-state index in [4.69, 9.17) is 0 Å². The summed E-state index contributed by atoms with van der Waals surface area (Å²) in [5, 5.41) is 5.56. The van der Waals surface area contributed by atoms with Crippen LogP contribution >= 0.6 is 0 Å². The van der Waals surface area contributed by atoms with Crippen molar-refractivity contribution < 1.29 is 4.79 Å². The molecule has 0 aromatic carbocycles. The predicted octanol–water partition coefficient (Wildman–Crippen LogP) is 2.97. The third-order valence-electron chi connectivity index (χ3n) is 3.44. The maximum absolute atomic E-state index is 11.6. The van der Waals surface area contributed by atoms with E-state index in [1.165, 1.54) is 32.1 Å². The number of amides is 2. The molecule has 2 rings (SSSR count). The number of hydrogen-bond donors (Lipinski definition) is 2. The number of carbonyl (C=O) groups is 1. The van der Waals surface area contributed by atoms with Crippen molar-refractivity contribution in [3.05, 3.63) is 42.4 Å². The van der Waals surface area contributed by atoms with Crippen molar-refractivity contribution in [2.24, 2.45) is 5.92 Å². The zero-order valence-electron chi connectivity index (χ0n) is 11.1. The van der Waals surface area contributed by atoms with Crippen molar-refractivity contribution in [1.29, 1.82) is 0 Å². The molecule has 1 aliphatic carbocycles. The standard InChI is InChI=1S/C15H21N3O/c19-15(18-12-14-6-9-16-10-7-14)17-11-8-13-4-2-1-3-5-13/h6-11,13H,1-5,12H2,(H2,17,18,19)/b11-8+. The van der Waals surface area contributed by atoms with E-state index in [0.717, 1.165) is 5.56 Å². The first-order valence-electron chi connectivity index (χ1n) is 6.94. The van der Waals surface area contributed by atoms with Gasteiger partial charge in [0.2, 0.25) is 0 Å². The fourth-order valence-corrected chi connectivity index (χ4v) is 2.32. The molecule has 1 aromatic heterocycles. The maximum Gasteiger partial charge on any atom is 0.319 e. The minimum atomic E-state index is -0.163. The Morgan fingerprint density at radius 3 is 2.74 bits per heavy atom. The topological polar surface area (TPSA) is 54.0 Å². The Bertz CT molecular complexity index is 411. The normalized spacial score (nSPS) is 16.4. The Kier molecular flexibility index (Phi) is 5.41. The van der Waals surface area contributed by atoms with Gasteiger partial charge in [-0.15, -0.1) is 0 Å². The molecule has 0 atom stereocenters. The second-order valence-corrected chi connectivity index (χ2v) is 4.94. The molecule has 19 heavy (non-hydrogen) atoms. The van der Waals surface area contributed by atoms with Gasteiger partial charge in [-0.25, -0.2) is 4.79 Å². The Balaban J connectivity index is 1.65. The van der Waals surface area contributed by atoms with Gasteiger partial charge in [0.25, 0.3) is 0 Å². The number of hydrogen-bond acceptors (Lipinski definition) is 2. The van der Waals surface area contributed by atoms with Crippen molar-refractivity contribution >= 4 is 6.03 Å². The summed E-state index contributed by atoms with van der Waals surface area (Å²) in [4.78, 5) is 15.5. The molecule has 2 N–H and O–H groups in total. The van der Waals surface area contributed by atoms with Gasteiger partial charge in [-0.2, -0.15) is 0 Å². The molecule has 0 bridgehead atoms. The monoisotopic (exact) mass is 259 g/mol. The first-order valence-corrected chi connectivity index (χ1v) is 6.94. The molecule has 0 unspecified atom stereocenters. The van der Waals surface area contributed by atoms with Crippen molar-refractivity contribution in [1.82, 2.24) is 15.6 Å². The summed E-state index contributed by atoms with van der Waals surface area (Å²) in [6.07, 6.45) is 13.8. The molecule has 102 valence electrons. The molecule has 1 fully saturated rings. The van der Waals surface area contributed by atoms with Gasteiger partial charge >= 0.3 is 6.03 Å². The molecule has 1 saturated carbocycles. The van der Waals surface area contributed by atoms with E-state index in [-0.39, 0.29) is 6.03 Å². The minimum Gasteiger partial charge on any atom is -0.334 e. The van der Waals surface area contributed by atoms with Crippen molar-refractivity contribution in [3.63, 3.8) is 0 Å². The summed E-state index contributed by atoms with van der Waals surface area (Å²) in [6.45, 7) is 0.519. The van der Waals surface area contributed by atoms with Crippen LogP contribution in [0.3, 0.4) is 0 Å². The van der Waals surface area contributed by atoms with Crippen molar-refractivity contribution in [2.75, 3.05) is 0 Å². The highest BCUT2D eigenvalue weighted by Crippen LogP contribution is 2.24.